The van der Waals surface area contributed by atoms with Crippen LogP contribution in [0.4, 0.5) is 4.79 Å². The van der Waals surface area contributed by atoms with Gasteiger partial charge in [-0.3, -0.25) is 4.79 Å². The van der Waals surface area contributed by atoms with Gasteiger partial charge in [-0.2, -0.15) is 0 Å². The van der Waals surface area contributed by atoms with Crippen LogP contribution in [0.3, 0.4) is 0 Å². The standard InChI is InChI=1S/C27H47N3O6/c1-17(2)10-11-20-26(5,36-20)23-22(33-8)19(12-13-27(23)16-34-27)35-25(32)29-21(18(3)4)24(31)28-14-9-15-30(6)7/h10,18-23H,9,11-16H2,1-8H3,(H,28,31)(H,29,32)/t19-,20-,21-,22-,23?,26+,27+/m1/s1. The zero-order valence-corrected chi connectivity index (χ0v) is 23.4. The first-order valence-corrected chi connectivity index (χ1v) is 13.3. The Morgan fingerprint density at radius 2 is 1.94 bits per heavy atom. The predicted octanol–water partition coefficient (Wildman–Crippen LogP) is 2.88. The van der Waals surface area contributed by atoms with Crippen LogP contribution in [0.15, 0.2) is 11.6 Å². The number of methoxy groups -OCH3 is 1. The molecule has 2 N–H and O–H groups in total. The summed E-state index contributed by atoms with van der Waals surface area (Å²) in [4.78, 5) is 27.8. The first-order chi connectivity index (χ1) is 16.9. The van der Waals surface area contributed by atoms with Crippen molar-refractivity contribution in [3.05, 3.63) is 11.6 Å². The number of hydrogen-bond acceptors (Lipinski definition) is 7. The fourth-order valence-electron chi connectivity index (χ4n) is 5.62. The van der Waals surface area contributed by atoms with Crippen molar-refractivity contribution in [2.24, 2.45) is 11.8 Å². The van der Waals surface area contributed by atoms with Gasteiger partial charge in [-0.1, -0.05) is 25.5 Å². The zero-order chi connectivity index (χ0) is 26.7. The summed E-state index contributed by atoms with van der Waals surface area (Å²) < 4.78 is 24.1. The topological polar surface area (TPSA) is 105 Å². The highest BCUT2D eigenvalue weighted by atomic mass is 16.6. The monoisotopic (exact) mass is 509 g/mol. The molecule has 7 atom stereocenters. The lowest BCUT2D eigenvalue weighted by molar-refractivity contribution is -0.125. The molecule has 0 aromatic carbocycles. The van der Waals surface area contributed by atoms with Gasteiger partial charge < -0.3 is 34.5 Å². The molecule has 0 radical (unpaired) electrons. The molecule has 1 aliphatic carbocycles. The first kappa shape index (κ1) is 28.9. The minimum atomic E-state index is -0.673. The lowest BCUT2D eigenvalue weighted by Gasteiger charge is -2.42. The lowest BCUT2D eigenvalue weighted by Crippen LogP contribution is -2.57. The lowest BCUT2D eigenvalue weighted by atomic mass is 9.68. The molecule has 36 heavy (non-hydrogen) atoms. The van der Waals surface area contributed by atoms with Crippen LogP contribution in [0.2, 0.25) is 0 Å². The van der Waals surface area contributed by atoms with Crippen molar-refractivity contribution in [3.8, 4) is 0 Å². The number of amides is 2. The van der Waals surface area contributed by atoms with Crippen LogP contribution >= 0.6 is 0 Å². The van der Waals surface area contributed by atoms with Gasteiger partial charge in [0.1, 0.15) is 29.5 Å². The second-order valence-electron chi connectivity index (χ2n) is 11.6. The van der Waals surface area contributed by atoms with Crippen molar-refractivity contribution in [1.82, 2.24) is 15.5 Å². The average Bonchev–Trinajstić information content (AvgIpc) is 3.71. The van der Waals surface area contributed by atoms with Crippen molar-refractivity contribution in [2.75, 3.05) is 40.9 Å². The quantitative estimate of drug-likeness (QED) is 0.237. The van der Waals surface area contributed by atoms with Gasteiger partial charge in [0.05, 0.1) is 18.6 Å². The number of hydrogen-bond donors (Lipinski definition) is 2. The molecule has 2 aliphatic heterocycles. The molecule has 0 aromatic heterocycles. The predicted molar refractivity (Wildman–Crippen MR) is 138 cm³/mol. The molecule has 206 valence electrons. The minimum absolute atomic E-state index is 0.0435. The molecule has 2 amide bonds. The maximum absolute atomic E-state index is 13.0. The Hall–Kier alpha value is -1.68. The normalized spacial score (nSPS) is 33.8. The molecule has 1 spiro atoms. The van der Waals surface area contributed by atoms with Gasteiger partial charge in [0, 0.05) is 13.7 Å². The number of carbonyl (C=O) groups is 2. The van der Waals surface area contributed by atoms with Crippen molar-refractivity contribution < 1.29 is 28.5 Å². The van der Waals surface area contributed by atoms with Crippen LogP contribution < -0.4 is 10.6 Å². The fraction of sp³-hybridized carbons (Fsp3) is 0.852. The van der Waals surface area contributed by atoms with Crippen molar-refractivity contribution in [1.29, 1.82) is 0 Å². The second kappa shape index (κ2) is 11.8. The highest BCUT2D eigenvalue weighted by Crippen LogP contribution is 2.59. The van der Waals surface area contributed by atoms with E-state index in [0.29, 0.717) is 19.6 Å². The Morgan fingerprint density at radius 3 is 2.50 bits per heavy atom. The number of nitrogens with one attached hydrogen (secondary N) is 2. The summed E-state index contributed by atoms with van der Waals surface area (Å²) in [5.74, 6) is -0.323. The fourth-order valence-corrected chi connectivity index (χ4v) is 5.62. The van der Waals surface area contributed by atoms with E-state index in [4.69, 9.17) is 18.9 Å². The molecule has 0 aromatic rings. The van der Waals surface area contributed by atoms with Crippen molar-refractivity contribution in [2.45, 2.75) is 95.9 Å². The molecule has 9 nitrogen and oxygen atoms in total. The average molecular weight is 510 g/mol. The summed E-state index contributed by atoms with van der Waals surface area (Å²) in [5, 5.41) is 5.72. The van der Waals surface area contributed by atoms with Gasteiger partial charge in [0.25, 0.3) is 0 Å². The molecule has 1 unspecified atom stereocenters. The molecule has 3 aliphatic rings. The van der Waals surface area contributed by atoms with E-state index in [-0.39, 0.29) is 35.6 Å². The number of nitrogens with zero attached hydrogens (tertiary/aromatic N) is 1. The van der Waals surface area contributed by atoms with Gasteiger partial charge >= 0.3 is 6.09 Å². The zero-order valence-electron chi connectivity index (χ0n) is 23.4. The molecule has 2 heterocycles. The van der Waals surface area contributed by atoms with Gasteiger partial charge in [0.15, 0.2) is 0 Å². The largest absolute Gasteiger partial charge is 0.443 e. The summed E-state index contributed by atoms with van der Waals surface area (Å²) in [6.45, 7) is 12.2. The molecular weight excluding hydrogens is 462 g/mol. The maximum Gasteiger partial charge on any atom is 0.408 e. The van der Waals surface area contributed by atoms with E-state index in [1.54, 1.807) is 7.11 Å². The van der Waals surface area contributed by atoms with Gasteiger partial charge in [-0.05, 0) is 73.0 Å². The van der Waals surface area contributed by atoms with Crippen LogP contribution in [0.1, 0.15) is 60.3 Å². The Kier molecular flexibility index (Phi) is 9.46. The van der Waals surface area contributed by atoms with E-state index in [0.717, 1.165) is 25.8 Å². The van der Waals surface area contributed by atoms with Gasteiger partial charge in [0.2, 0.25) is 5.91 Å². The van der Waals surface area contributed by atoms with Crippen molar-refractivity contribution >= 4 is 12.0 Å². The van der Waals surface area contributed by atoms with Crippen LogP contribution in [-0.2, 0) is 23.7 Å². The molecule has 3 fully saturated rings. The highest BCUT2D eigenvalue weighted by molar-refractivity contribution is 5.85. The van der Waals surface area contributed by atoms with Gasteiger partial charge in [-0.15, -0.1) is 0 Å². The number of allylic oxidation sites excluding steroid dienone is 1. The summed E-state index contributed by atoms with van der Waals surface area (Å²) in [6.07, 6.45) is 3.98. The van der Waals surface area contributed by atoms with Crippen LogP contribution in [0.25, 0.3) is 0 Å². The molecular formula is C27H47N3O6. The van der Waals surface area contributed by atoms with E-state index in [1.165, 1.54) is 5.57 Å². The first-order valence-electron chi connectivity index (χ1n) is 13.3. The maximum atomic E-state index is 13.0. The molecule has 1 saturated carbocycles. The summed E-state index contributed by atoms with van der Waals surface area (Å²) >= 11 is 0. The third-order valence-electron chi connectivity index (χ3n) is 7.80. The van der Waals surface area contributed by atoms with Crippen molar-refractivity contribution in [3.63, 3.8) is 0 Å². The number of epoxide rings is 2. The van der Waals surface area contributed by atoms with E-state index >= 15 is 0 Å². The number of rotatable bonds is 12. The minimum Gasteiger partial charge on any atom is -0.443 e. The van der Waals surface area contributed by atoms with Gasteiger partial charge in [-0.25, -0.2) is 4.79 Å². The summed E-state index contributed by atoms with van der Waals surface area (Å²) in [6, 6.07) is -0.673. The Morgan fingerprint density at radius 1 is 1.25 bits per heavy atom. The van der Waals surface area contributed by atoms with Crippen LogP contribution in [-0.4, -0.2) is 93.4 Å². The smallest absolute Gasteiger partial charge is 0.408 e. The number of carbonyl (C=O) groups excluding carboxylic acids is 2. The van der Waals surface area contributed by atoms with Crippen LogP contribution in [0, 0.1) is 11.8 Å². The third kappa shape index (κ3) is 6.79. The van der Waals surface area contributed by atoms with E-state index in [2.05, 4.69) is 42.4 Å². The Balaban J connectivity index is 1.62. The molecule has 2 saturated heterocycles. The van der Waals surface area contributed by atoms with Crippen LogP contribution in [0.5, 0.6) is 0 Å². The SMILES string of the molecule is CO[C@H]1C([C@@]2(C)O[C@@H]2CC=C(C)C)[C@]2(CC[C@H]1OC(=O)N[C@@H](C(=O)NCCCN(C)C)C(C)C)CO2. The highest BCUT2D eigenvalue weighted by Gasteiger charge is 2.72. The second-order valence-corrected chi connectivity index (χ2v) is 11.6. The Bertz CT molecular complexity index is 807. The third-order valence-corrected chi connectivity index (χ3v) is 7.80. The molecule has 3 rings (SSSR count). The number of alkyl carbamates (subject to hydrolysis) is 1. The van der Waals surface area contributed by atoms with E-state index < -0.39 is 23.8 Å². The van der Waals surface area contributed by atoms with E-state index in [1.807, 2.05) is 27.9 Å². The Labute approximate surface area is 216 Å². The number of ether oxygens (including phenoxy) is 4. The summed E-state index contributed by atoms with van der Waals surface area (Å²) in [5.41, 5.74) is 0.587. The van der Waals surface area contributed by atoms with E-state index in [9.17, 15) is 9.59 Å². The molecule has 9 heteroatoms. The summed E-state index contributed by atoms with van der Waals surface area (Å²) in [7, 11) is 5.65. The molecule has 0 bridgehead atoms.